The Labute approximate surface area is 148 Å². The Morgan fingerprint density at radius 1 is 0.760 bits per heavy atom. The first-order valence-electron chi connectivity index (χ1n) is 8.48. The van der Waals surface area contributed by atoms with Gasteiger partial charge in [0, 0.05) is 22.7 Å². The highest BCUT2D eigenvalue weighted by Gasteiger charge is 2.29. The molecule has 0 fully saturated rings. The number of benzene rings is 3. The summed E-state index contributed by atoms with van der Waals surface area (Å²) in [6.45, 7) is 2.20. The molecule has 0 amide bonds. The fraction of sp³-hybridized carbons (Fsp3) is 0.0833. The third-order valence-electron chi connectivity index (χ3n) is 4.71. The topological polar surface area (TPSA) is 15.8 Å². The molecule has 1 unspecified atom stereocenters. The fourth-order valence-electron chi connectivity index (χ4n) is 3.27. The van der Waals surface area contributed by atoms with Gasteiger partial charge in [0.15, 0.2) is 0 Å². The zero-order valence-electron chi connectivity index (χ0n) is 14.2. The molecule has 0 radical (unpaired) electrons. The van der Waals surface area contributed by atoms with E-state index in [0.717, 1.165) is 11.1 Å². The van der Waals surface area contributed by atoms with Gasteiger partial charge >= 0.3 is 0 Å². The lowest BCUT2D eigenvalue weighted by molar-refractivity contribution is 0.761. The average Bonchev–Trinajstić information content (AvgIpc) is 3.12. The van der Waals surface area contributed by atoms with E-state index < -0.39 is 5.41 Å². The van der Waals surface area contributed by atoms with Crippen molar-refractivity contribution < 1.29 is 0 Å². The summed E-state index contributed by atoms with van der Waals surface area (Å²) in [5, 5.41) is 1.22. The Kier molecular flexibility index (Phi) is 3.88. The Hall–Kier alpha value is -3.24. The molecule has 0 saturated heterocycles. The Bertz CT molecular complexity index is 1050. The third-order valence-corrected chi connectivity index (χ3v) is 4.71. The van der Waals surface area contributed by atoms with Gasteiger partial charge in [-0.2, -0.15) is 0 Å². The number of fused-ring (bicyclic) bond motifs is 1. The maximum absolute atomic E-state index is 3.55. The summed E-state index contributed by atoms with van der Waals surface area (Å²) in [5.74, 6) is 6.93. The molecule has 25 heavy (non-hydrogen) atoms. The van der Waals surface area contributed by atoms with Crippen molar-refractivity contribution in [2.24, 2.45) is 0 Å². The van der Waals surface area contributed by atoms with Crippen LogP contribution in [0.3, 0.4) is 0 Å². The van der Waals surface area contributed by atoms with Crippen LogP contribution in [0.4, 0.5) is 0 Å². The maximum atomic E-state index is 3.55. The fourth-order valence-corrected chi connectivity index (χ4v) is 3.27. The lowest BCUT2D eigenvalue weighted by Crippen LogP contribution is -2.21. The van der Waals surface area contributed by atoms with E-state index in [-0.39, 0.29) is 0 Å². The van der Waals surface area contributed by atoms with Crippen molar-refractivity contribution in [3.8, 4) is 11.8 Å². The number of H-pyrrole nitrogens is 1. The van der Waals surface area contributed by atoms with E-state index in [9.17, 15) is 0 Å². The van der Waals surface area contributed by atoms with Crippen LogP contribution in [0.15, 0.2) is 91.1 Å². The van der Waals surface area contributed by atoms with Gasteiger partial charge < -0.3 is 4.98 Å². The van der Waals surface area contributed by atoms with Crippen molar-refractivity contribution in [2.75, 3.05) is 0 Å². The normalized spacial score (nSPS) is 13.0. The van der Waals surface area contributed by atoms with Crippen LogP contribution >= 0.6 is 0 Å². The molecule has 0 aliphatic carbocycles. The number of nitrogens with one attached hydrogen (secondary N) is 1. The third kappa shape index (κ3) is 2.84. The molecule has 1 heteroatoms. The molecule has 1 aromatic heterocycles. The molecule has 0 spiro atoms. The lowest BCUT2D eigenvalue weighted by atomic mass is 9.76. The van der Waals surface area contributed by atoms with Crippen LogP contribution in [0.2, 0.25) is 0 Å². The molecule has 0 aliphatic rings. The number of aromatic amines is 1. The molecule has 1 heterocycles. The van der Waals surface area contributed by atoms with Crippen LogP contribution in [0.1, 0.15) is 23.6 Å². The van der Waals surface area contributed by atoms with Gasteiger partial charge in [0.1, 0.15) is 0 Å². The van der Waals surface area contributed by atoms with E-state index in [4.69, 9.17) is 0 Å². The van der Waals surface area contributed by atoms with Crippen LogP contribution in [-0.2, 0) is 5.41 Å². The van der Waals surface area contributed by atoms with Crippen LogP contribution in [0.5, 0.6) is 0 Å². The first-order valence-corrected chi connectivity index (χ1v) is 8.48. The summed E-state index contributed by atoms with van der Waals surface area (Å²) in [6, 6.07) is 29.1. The molecule has 0 saturated carbocycles. The van der Waals surface area contributed by atoms with E-state index >= 15 is 0 Å². The van der Waals surface area contributed by atoms with E-state index in [1.54, 1.807) is 0 Å². The summed E-state index contributed by atoms with van der Waals surface area (Å²) in [4.78, 5) is 3.39. The SMILES string of the molecule is CC(C#Cc1ccccc1)(c1ccccc1)c1c[nH]c2ccccc12. The zero-order chi connectivity index (χ0) is 17.1. The summed E-state index contributed by atoms with van der Waals surface area (Å²) in [6.07, 6.45) is 2.09. The van der Waals surface area contributed by atoms with Crippen LogP contribution < -0.4 is 0 Å². The highest BCUT2D eigenvalue weighted by molar-refractivity contribution is 5.85. The van der Waals surface area contributed by atoms with Gasteiger partial charge in [-0.3, -0.25) is 0 Å². The van der Waals surface area contributed by atoms with Gasteiger partial charge in [-0.15, -0.1) is 0 Å². The second-order valence-corrected chi connectivity index (χ2v) is 6.35. The Morgan fingerprint density at radius 3 is 2.16 bits per heavy atom. The molecular formula is C24H19N. The first kappa shape index (κ1) is 15.3. The molecule has 1 nitrogen and oxygen atoms in total. The van der Waals surface area contributed by atoms with Crippen molar-refractivity contribution in [1.82, 2.24) is 4.98 Å². The number of rotatable bonds is 2. The average molecular weight is 321 g/mol. The first-order chi connectivity index (χ1) is 12.3. The molecule has 0 aliphatic heterocycles. The van der Waals surface area contributed by atoms with Gasteiger partial charge in [0.25, 0.3) is 0 Å². The lowest BCUT2D eigenvalue weighted by Gasteiger charge is -2.24. The molecule has 1 atom stereocenters. The zero-order valence-corrected chi connectivity index (χ0v) is 14.2. The smallest absolute Gasteiger partial charge is 0.0808 e. The predicted octanol–water partition coefficient (Wildman–Crippen LogP) is 5.53. The second kappa shape index (κ2) is 6.34. The van der Waals surface area contributed by atoms with Gasteiger partial charge in [0.2, 0.25) is 0 Å². The van der Waals surface area contributed by atoms with Crippen molar-refractivity contribution >= 4 is 10.9 Å². The summed E-state index contributed by atoms with van der Waals surface area (Å²) in [5.41, 5.74) is 4.18. The molecule has 1 N–H and O–H groups in total. The molecule has 120 valence electrons. The monoisotopic (exact) mass is 321 g/mol. The minimum Gasteiger partial charge on any atom is -0.361 e. The van der Waals surface area contributed by atoms with Crippen molar-refractivity contribution in [1.29, 1.82) is 0 Å². The van der Waals surface area contributed by atoms with Gasteiger partial charge in [-0.05, 0) is 36.2 Å². The number of para-hydroxylation sites is 1. The van der Waals surface area contributed by atoms with Crippen molar-refractivity contribution in [3.05, 3.63) is 108 Å². The number of aromatic nitrogens is 1. The largest absolute Gasteiger partial charge is 0.361 e. The molecule has 3 aromatic carbocycles. The second-order valence-electron chi connectivity index (χ2n) is 6.35. The van der Waals surface area contributed by atoms with Crippen LogP contribution in [0.25, 0.3) is 10.9 Å². The van der Waals surface area contributed by atoms with Crippen molar-refractivity contribution in [3.63, 3.8) is 0 Å². The van der Waals surface area contributed by atoms with Gasteiger partial charge in [-0.1, -0.05) is 78.6 Å². The molecule has 4 rings (SSSR count). The maximum Gasteiger partial charge on any atom is 0.0808 e. The highest BCUT2D eigenvalue weighted by atomic mass is 14.7. The Morgan fingerprint density at radius 2 is 1.40 bits per heavy atom. The van der Waals surface area contributed by atoms with Gasteiger partial charge in [-0.25, -0.2) is 0 Å². The van der Waals surface area contributed by atoms with Crippen LogP contribution in [0, 0.1) is 11.8 Å². The summed E-state index contributed by atoms with van der Waals surface area (Å²) >= 11 is 0. The van der Waals surface area contributed by atoms with Crippen molar-refractivity contribution in [2.45, 2.75) is 12.3 Å². The molecular weight excluding hydrogens is 302 g/mol. The van der Waals surface area contributed by atoms with E-state index in [2.05, 4.69) is 78.5 Å². The Balaban J connectivity index is 1.92. The van der Waals surface area contributed by atoms with Crippen LogP contribution in [-0.4, -0.2) is 4.98 Å². The predicted molar refractivity (Wildman–Crippen MR) is 105 cm³/mol. The summed E-state index contributed by atoms with van der Waals surface area (Å²) in [7, 11) is 0. The number of hydrogen-bond acceptors (Lipinski definition) is 0. The van der Waals surface area contributed by atoms with E-state index in [1.807, 2.05) is 36.4 Å². The van der Waals surface area contributed by atoms with E-state index in [0.29, 0.717) is 0 Å². The van der Waals surface area contributed by atoms with Gasteiger partial charge in [0.05, 0.1) is 5.41 Å². The molecule has 4 aromatic rings. The standard InChI is InChI=1S/C24H19N/c1-24(20-12-6-3-7-13-20,17-16-19-10-4-2-5-11-19)22-18-25-23-15-9-8-14-21(22)23/h2-15,18,25H,1H3. The highest BCUT2D eigenvalue weighted by Crippen LogP contribution is 2.36. The number of hydrogen-bond donors (Lipinski definition) is 1. The minimum atomic E-state index is -0.392. The summed E-state index contributed by atoms with van der Waals surface area (Å²) < 4.78 is 0. The molecule has 0 bridgehead atoms. The van der Waals surface area contributed by atoms with E-state index in [1.165, 1.54) is 16.5 Å². The quantitative estimate of drug-likeness (QED) is 0.468. The minimum absolute atomic E-state index is 0.392.